The zero-order valence-corrected chi connectivity index (χ0v) is 18.1. The van der Waals surface area contributed by atoms with Crippen LogP contribution in [0.1, 0.15) is 18.9 Å². The molecule has 0 aromatic heterocycles. The van der Waals surface area contributed by atoms with Crippen molar-refractivity contribution >= 4 is 23.4 Å². The van der Waals surface area contributed by atoms with Crippen molar-refractivity contribution in [3.63, 3.8) is 0 Å². The second kappa shape index (κ2) is 9.96. The number of rotatable bonds is 7. The van der Waals surface area contributed by atoms with E-state index in [1.807, 2.05) is 30.3 Å². The number of hydrogen-bond acceptors (Lipinski definition) is 4. The monoisotopic (exact) mass is 430 g/mol. The van der Waals surface area contributed by atoms with Crippen LogP contribution in [0.5, 0.6) is 5.75 Å². The fourth-order valence-electron chi connectivity index (χ4n) is 3.46. The highest BCUT2D eigenvalue weighted by Crippen LogP contribution is 2.26. The highest BCUT2D eigenvalue weighted by molar-refractivity contribution is 6.30. The molecule has 1 saturated heterocycles. The molecule has 2 amide bonds. The Morgan fingerprint density at radius 1 is 1.17 bits per heavy atom. The first kappa shape index (κ1) is 22.1. The minimum Gasteiger partial charge on any atom is -0.490 e. The van der Waals surface area contributed by atoms with Gasteiger partial charge in [0.05, 0.1) is 19.6 Å². The molecule has 3 rings (SSSR count). The van der Waals surface area contributed by atoms with E-state index in [0.717, 1.165) is 5.56 Å². The molecule has 0 N–H and O–H groups in total. The van der Waals surface area contributed by atoms with E-state index in [1.54, 1.807) is 41.1 Å². The second-order valence-corrected chi connectivity index (χ2v) is 8.06. The second-order valence-electron chi connectivity index (χ2n) is 7.63. The van der Waals surface area contributed by atoms with Crippen molar-refractivity contribution in [1.29, 1.82) is 0 Å². The van der Waals surface area contributed by atoms with Crippen molar-refractivity contribution in [2.75, 3.05) is 33.4 Å². The van der Waals surface area contributed by atoms with Gasteiger partial charge < -0.3 is 19.3 Å². The maximum absolute atomic E-state index is 13.0. The number of nitrogens with zero attached hydrogens (tertiary/aromatic N) is 2. The van der Waals surface area contributed by atoms with E-state index >= 15 is 0 Å². The SMILES string of the molecule is CC(=O)N1CCO[C@](COc2ccc(Cl)cc2)(CC(=O)N(C)Cc2ccccc2)C1. The molecule has 1 aliphatic heterocycles. The molecule has 0 aliphatic carbocycles. The van der Waals surface area contributed by atoms with Gasteiger partial charge in [0.1, 0.15) is 18.0 Å². The van der Waals surface area contributed by atoms with Crippen LogP contribution >= 0.6 is 11.6 Å². The van der Waals surface area contributed by atoms with Crippen molar-refractivity contribution < 1.29 is 19.1 Å². The summed E-state index contributed by atoms with van der Waals surface area (Å²) in [5.41, 5.74) is 0.140. The third-order valence-electron chi connectivity index (χ3n) is 5.17. The van der Waals surface area contributed by atoms with E-state index < -0.39 is 5.60 Å². The molecular formula is C23H27ClN2O4. The largest absolute Gasteiger partial charge is 0.490 e. The Morgan fingerprint density at radius 3 is 2.53 bits per heavy atom. The van der Waals surface area contributed by atoms with Gasteiger partial charge in [-0.2, -0.15) is 0 Å². The third kappa shape index (κ3) is 5.97. The highest BCUT2D eigenvalue weighted by Gasteiger charge is 2.41. The summed E-state index contributed by atoms with van der Waals surface area (Å²) in [6.07, 6.45) is 0.119. The van der Waals surface area contributed by atoms with Crippen LogP contribution in [0.25, 0.3) is 0 Å². The van der Waals surface area contributed by atoms with Gasteiger partial charge >= 0.3 is 0 Å². The Balaban J connectivity index is 1.72. The maximum atomic E-state index is 13.0. The van der Waals surface area contributed by atoms with Crippen LogP contribution in [-0.4, -0.2) is 60.6 Å². The van der Waals surface area contributed by atoms with Crippen molar-refractivity contribution in [2.45, 2.75) is 25.5 Å². The van der Waals surface area contributed by atoms with Gasteiger partial charge in [0.15, 0.2) is 0 Å². The Hall–Kier alpha value is -2.57. The van der Waals surface area contributed by atoms with Crippen LogP contribution in [0.3, 0.4) is 0 Å². The molecule has 0 spiro atoms. The number of hydrogen-bond donors (Lipinski definition) is 0. The van der Waals surface area contributed by atoms with Gasteiger partial charge in [0.25, 0.3) is 0 Å². The van der Waals surface area contributed by atoms with Crippen LogP contribution in [0.4, 0.5) is 0 Å². The molecule has 1 aliphatic rings. The van der Waals surface area contributed by atoms with Crippen molar-refractivity contribution in [3.05, 3.63) is 65.2 Å². The summed E-state index contributed by atoms with van der Waals surface area (Å²) in [7, 11) is 1.77. The Bertz CT molecular complexity index is 859. The number of morpholine rings is 1. The zero-order chi connectivity index (χ0) is 21.6. The number of benzene rings is 2. The van der Waals surface area contributed by atoms with Crippen LogP contribution in [0.15, 0.2) is 54.6 Å². The van der Waals surface area contributed by atoms with E-state index in [2.05, 4.69) is 0 Å². The molecule has 1 atom stereocenters. The van der Waals surface area contributed by atoms with Gasteiger partial charge in [-0.3, -0.25) is 9.59 Å². The smallest absolute Gasteiger partial charge is 0.225 e. The van der Waals surface area contributed by atoms with Crippen LogP contribution in [0.2, 0.25) is 5.02 Å². The lowest BCUT2D eigenvalue weighted by molar-refractivity contribution is -0.164. The maximum Gasteiger partial charge on any atom is 0.225 e. The summed E-state index contributed by atoms with van der Waals surface area (Å²) < 4.78 is 12.0. The Labute approximate surface area is 182 Å². The number of carbonyl (C=O) groups is 2. The predicted molar refractivity (Wildman–Crippen MR) is 115 cm³/mol. The highest BCUT2D eigenvalue weighted by atomic mass is 35.5. The van der Waals surface area contributed by atoms with Gasteiger partial charge in [-0.15, -0.1) is 0 Å². The molecule has 1 fully saturated rings. The van der Waals surface area contributed by atoms with E-state index in [1.165, 1.54) is 6.92 Å². The summed E-state index contributed by atoms with van der Waals surface area (Å²) in [6.45, 7) is 3.36. The average molecular weight is 431 g/mol. The van der Waals surface area contributed by atoms with E-state index in [-0.39, 0.29) is 24.8 Å². The van der Waals surface area contributed by atoms with Crippen LogP contribution in [0, 0.1) is 0 Å². The molecule has 1 heterocycles. The molecule has 0 unspecified atom stereocenters. The summed E-state index contributed by atoms with van der Waals surface area (Å²) >= 11 is 5.94. The number of amides is 2. The lowest BCUT2D eigenvalue weighted by Crippen LogP contribution is -2.57. The predicted octanol–water partition coefficient (Wildman–Crippen LogP) is 3.39. The van der Waals surface area contributed by atoms with Gasteiger partial charge in [-0.1, -0.05) is 41.9 Å². The Morgan fingerprint density at radius 2 is 1.87 bits per heavy atom. The molecule has 2 aromatic rings. The molecule has 0 saturated carbocycles. The fraction of sp³-hybridized carbons (Fsp3) is 0.391. The molecule has 2 aromatic carbocycles. The summed E-state index contributed by atoms with van der Waals surface area (Å²) in [5.74, 6) is 0.524. The molecule has 7 heteroatoms. The van der Waals surface area contributed by atoms with Crippen molar-refractivity contribution in [1.82, 2.24) is 9.80 Å². The van der Waals surface area contributed by atoms with Crippen molar-refractivity contribution in [3.8, 4) is 5.75 Å². The summed E-state index contributed by atoms with van der Waals surface area (Å²) in [4.78, 5) is 28.4. The molecule has 6 nitrogen and oxygen atoms in total. The fourth-order valence-corrected chi connectivity index (χ4v) is 3.59. The molecule has 160 valence electrons. The minimum absolute atomic E-state index is 0.0424. The Kier molecular flexibility index (Phi) is 7.34. The molecule has 0 radical (unpaired) electrons. The molecule has 0 bridgehead atoms. The standard InChI is InChI=1S/C23H27ClN2O4/c1-18(27)26-12-13-30-23(16-26,17-29-21-10-8-20(24)9-11-21)14-22(28)25(2)15-19-6-4-3-5-7-19/h3-11H,12-17H2,1-2H3/t23-/m1/s1. The quantitative estimate of drug-likeness (QED) is 0.675. The minimum atomic E-state index is -0.911. The van der Waals surface area contributed by atoms with E-state index in [4.69, 9.17) is 21.1 Å². The first-order valence-corrected chi connectivity index (χ1v) is 10.3. The van der Waals surface area contributed by atoms with Gasteiger partial charge in [-0.25, -0.2) is 0 Å². The van der Waals surface area contributed by atoms with Crippen LogP contribution in [-0.2, 0) is 20.9 Å². The van der Waals surface area contributed by atoms with E-state index in [9.17, 15) is 9.59 Å². The average Bonchev–Trinajstić information content (AvgIpc) is 2.74. The summed E-state index contributed by atoms with van der Waals surface area (Å²) in [5, 5.41) is 0.617. The van der Waals surface area contributed by atoms with Gasteiger partial charge in [0, 0.05) is 32.1 Å². The lowest BCUT2D eigenvalue weighted by Gasteiger charge is -2.42. The first-order valence-electron chi connectivity index (χ1n) is 9.93. The lowest BCUT2D eigenvalue weighted by atomic mass is 9.96. The van der Waals surface area contributed by atoms with Crippen LogP contribution < -0.4 is 4.74 Å². The third-order valence-corrected chi connectivity index (χ3v) is 5.42. The molecule has 30 heavy (non-hydrogen) atoms. The zero-order valence-electron chi connectivity index (χ0n) is 17.3. The summed E-state index contributed by atoms with van der Waals surface area (Å²) in [6, 6.07) is 16.8. The number of ether oxygens (including phenoxy) is 2. The molecular weight excluding hydrogens is 404 g/mol. The topological polar surface area (TPSA) is 59.1 Å². The number of carbonyl (C=O) groups excluding carboxylic acids is 2. The van der Waals surface area contributed by atoms with Gasteiger partial charge in [0.2, 0.25) is 11.8 Å². The first-order chi connectivity index (χ1) is 14.4. The van der Waals surface area contributed by atoms with E-state index in [0.29, 0.717) is 37.0 Å². The number of halogens is 1. The van der Waals surface area contributed by atoms with Crippen molar-refractivity contribution in [2.24, 2.45) is 0 Å². The normalized spacial score (nSPS) is 18.7. The van der Waals surface area contributed by atoms with Gasteiger partial charge in [-0.05, 0) is 29.8 Å².